The minimum absolute atomic E-state index is 0. The van der Waals surface area contributed by atoms with Crippen LogP contribution in [0.15, 0.2) is 12.3 Å². The number of carbonyl (C=O) groups is 2. The molecule has 19 heavy (non-hydrogen) atoms. The van der Waals surface area contributed by atoms with E-state index in [0.717, 1.165) is 25.7 Å². The number of nitrogens with two attached hydrogens (primary N) is 2. The van der Waals surface area contributed by atoms with Crippen LogP contribution in [-0.2, 0) is 4.79 Å². The number of anilines is 1. The molecule has 7 heteroatoms. The van der Waals surface area contributed by atoms with E-state index in [1.54, 1.807) is 6.20 Å². The Labute approximate surface area is 117 Å². The Morgan fingerprint density at radius 3 is 2.68 bits per heavy atom. The molecule has 0 aromatic carbocycles. The molecule has 0 saturated heterocycles. The maximum atomic E-state index is 12.0. The van der Waals surface area contributed by atoms with Gasteiger partial charge in [0.25, 0.3) is 5.91 Å². The van der Waals surface area contributed by atoms with Crippen molar-refractivity contribution in [3.05, 3.63) is 18.0 Å². The van der Waals surface area contributed by atoms with Gasteiger partial charge in [-0.1, -0.05) is 6.42 Å². The van der Waals surface area contributed by atoms with E-state index in [1.165, 1.54) is 6.07 Å². The predicted octanol–water partition coefficient (Wildman–Crippen LogP) is 0.991. The minimum Gasteiger partial charge on any atom is -0.364 e. The first-order chi connectivity index (χ1) is 8.56. The number of aromatic nitrogens is 1. The smallest absolute Gasteiger partial charge is 0.265 e. The van der Waals surface area contributed by atoms with Crippen molar-refractivity contribution < 1.29 is 9.59 Å². The third kappa shape index (κ3) is 3.97. The molecule has 2 amide bonds. The van der Waals surface area contributed by atoms with Crippen LogP contribution in [0.3, 0.4) is 0 Å². The number of H-pyrrole nitrogens is 1. The van der Waals surface area contributed by atoms with Crippen molar-refractivity contribution in [2.75, 3.05) is 5.32 Å². The fourth-order valence-electron chi connectivity index (χ4n) is 2.32. The molecule has 1 fully saturated rings. The van der Waals surface area contributed by atoms with Crippen LogP contribution in [0, 0.1) is 5.92 Å². The van der Waals surface area contributed by atoms with E-state index in [2.05, 4.69) is 10.3 Å². The van der Waals surface area contributed by atoms with Gasteiger partial charge in [-0.05, 0) is 25.3 Å². The first-order valence-electron chi connectivity index (χ1n) is 6.11. The second kappa shape index (κ2) is 6.58. The zero-order valence-corrected chi connectivity index (χ0v) is 11.3. The summed E-state index contributed by atoms with van der Waals surface area (Å²) in [5.41, 5.74) is 11.8. The molecule has 2 unspecified atom stereocenters. The second-order valence-corrected chi connectivity index (χ2v) is 4.78. The van der Waals surface area contributed by atoms with Gasteiger partial charge < -0.3 is 21.8 Å². The van der Waals surface area contributed by atoms with Crippen molar-refractivity contribution in [2.45, 2.75) is 31.7 Å². The van der Waals surface area contributed by atoms with Crippen LogP contribution < -0.4 is 16.8 Å². The maximum Gasteiger partial charge on any atom is 0.265 e. The van der Waals surface area contributed by atoms with Gasteiger partial charge in [-0.25, -0.2) is 0 Å². The predicted molar refractivity (Wildman–Crippen MR) is 75.1 cm³/mol. The summed E-state index contributed by atoms with van der Waals surface area (Å²) in [6.45, 7) is 0. The van der Waals surface area contributed by atoms with Crippen LogP contribution in [0.5, 0.6) is 0 Å². The molecule has 1 aromatic heterocycles. The van der Waals surface area contributed by atoms with Crippen LogP contribution in [0.4, 0.5) is 5.69 Å². The van der Waals surface area contributed by atoms with E-state index in [1.807, 2.05) is 0 Å². The lowest BCUT2D eigenvalue weighted by atomic mass is 9.85. The fraction of sp³-hybridized carbons (Fsp3) is 0.500. The van der Waals surface area contributed by atoms with E-state index in [0.29, 0.717) is 5.69 Å². The molecule has 6 N–H and O–H groups in total. The molecule has 0 bridgehead atoms. The molecule has 1 saturated carbocycles. The number of aromatic amines is 1. The lowest BCUT2D eigenvalue weighted by Gasteiger charge is -2.25. The minimum atomic E-state index is -0.546. The standard InChI is InChI=1S/C12H18N4O2.ClH/c13-8-3-1-2-7(4-8)12(18)16-9-5-10(11(14)17)15-6-9;/h5-8,15H,1-4,13H2,(H2,14,17)(H,16,18);1H. The van der Waals surface area contributed by atoms with Gasteiger partial charge in [-0.3, -0.25) is 9.59 Å². The van der Waals surface area contributed by atoms with Crippen molar-refractivity contribution in [2.24, 2.45) is 17.4 Å². The summed E-state index contributed by atoms with van der Waals surface area (Å²) < 4.78 is 0. The van der Waals surface area contributed by atoms with Gasteiger partial charge in [0.05, 0.1) is 5.69 Å². The highest BCUT2D eigenvalue weighted by Crippen LogP contribution is 2.24. The third-order valence-electron chi connectivity index (χ3n) is 3.30. The lowest BCUT2D eigenvalue weighted by Crippen LogP contribution is -2.34. The zero-order valence-electron chi connectivity index (χ0n) is 10.5. The number of halogens is 1. The molecular formula is C12H19ClN4O2. The van der Waals surface area contributed by atoms with E-state index in [-0.39, 0.29) is 36.0 Å². The van der Waals surface area contributed by atoms with Crippen LogP contribution in [0.1, 0.15) is 36.2 Å². The molecule has 0 spiro atoms. The average molecular weight is 287 g/mol. The second-order valence-electron chi connectivity index (χ2n) is 4.78. The number of primary amides is 1. The largest absolute Gasteiger partial charge is 0.364 e. The van der Waals surface area contributed by atoms with Crippen molar-refractivity contribution in [3.8, 4) is 0 Å². The Kier molecular flexibility index (Phi) is 5.38. The van der Waals surface area contributed by atoms with Gasteiger partial charge in [0.2, 0.25) is 5.91 Å². The van der Waals surface area contributed by atoms with Crippen molar-refractivity contribution in [1.82, 2.24) is 4.98 Å². The summed E-state index contributed by atoms with van der Waals surface area (Å²) in [7, 11) is 0. The number of nitrogens with one attached hydrogen (secondary N) is 2. The Morgan fingerprint density at radius 2 is 2.11 bits per heavy atom. The quantitative estimate of drug-likeness (QED) is 0.664. The Balaban J connectivity index is 0.00000180. The van der Waals surface area contributed by atoms with Gasteiger partial charge >= 0.3 is 0 Å². The van der Waals surface area contributed by atoms with E-state index in [9.17, 15) is 9.59 Å². The molecule has 1 aliphatic carbocycles. The first-order valence-corrected chi connectivity index (χ1v) is 6.11. The molecule has 1 heterocycles. The normalized spacial score (nSPS) is 22.4. The van der Waals surface area contributed by atoms with Crippen LogP contribution >= 0.6 is 12.4 Å². The first kappa shape index (κ1) is 15.5. The Morgan fingerprint density at radius 1 is 1.37 bits per heavy atom. The number of hydrogen-bond donors (Lipinski definition) is 4. The summed E-state index contributed by atoms with van der Waals surface area (Å²) in [5.74, 6) is -0.629. The highest BCUT2D eigenvalue weighted by molar-refractivity contribution is 5.96. The molecular weight excluding hydrogens is 268 g/mol. The SMILES string of the molecule is Cl.NC(=O)c1cc(NC(=O)C2CCCC(N)C2)c[nH]1. The lowest BCUT2D eigenvalue weighted by molar-refractivity contribution is -0.120. The van der Waals surface area contributed by atoms with Gasteiger partial charge in [-0.2, -0.15) is 0 Å². The van der Waals surface area contributed by atoms with Crippen molar-refractivity contribution >= 4 is 29.9 Å². The van der Waals surface area contributed by atoms with Crippen LogP contribution in [0.25, 0.3) is 0 Å². The van der Waals surface area contributed by atoms with Gasteiger partial charge in [0, 0.05) is 18.2 Å². The van der Waals surface area contributed by atoms with E-state index < -0.39 is 5.91 Å². The average Bonchev–Trinajstić information content (AvgIpc) is 2.77. The molecule has 1 aliphatic rings. The zero-order chi connectivity index (χ0) is 13.1. The molecule has 1 aromatic rings. The number of hydrogen-bond acceptors (Lipinski definition) is 3. The number of rotatable bonds is 3. The maximum absolute atomic E-state index is 12.0. The summed E-state index contributed by atoms with van der Waals surface area (Å²) in [6, 6.07) is 1.64. The molecule has 0 radical (unpaired) electrons. The summed E-state index contributed by atoms with van der Waals surface area (Å²) in [4.78, 5) is 25.6. The molecule has 106 valence electrons. The number of amides is 2. The molecule has 6 nitrogen and oxygen atoms in total. The van der Waals surface area contributed by atoms with Gasteiger partial charge in [0.15, 0.2) is 0 Å². The highest BCUT2D eigenvalue weighted by atomic mass is 35.5. The monoisotopic (exact) mass is 286 g/mol. The van der Waals surface area contributed by atoms with Crippen LogP contribution in [0.2, 0.25) is 0 Å². The number of carbonyl (C=O) groups excluding carboxylic acids is 2. The molecule has 2 atom stereocenters. The fourth-order valence-corrected chi connectivity index (χ4v) is 2.32. The van der Waals surface area contributed by atoms with Gasteiger partial charge in [0.1, 0.15) is 5.69 Å². The van der Waals surface area contributed by atoms with E-state index in [4.69, 9.17) is 11.5 Å². The summed E-state index contributed by atoms with van der Waals surface area (Å²) >= 11 is 0. The highest BCUT2D eigenvalue weighted by Gasteiger charge is 2.25. The molecule has 0 aliphatic heterocycles. The third-order valence-corrected chi connectivity index (χ3v) is 3.30. The summed E-state index contributed by atoms with van der Waals surface area (Å²) in [6.07, 6.45) is 5.12. The van der Waals surface area contributed by atoms with Crippen molar-refractivity contribution in [3.63, 3.8) is 0 Å². The molecule has 2 rings (SSSR count). The van der Waals surface area contributed by atoms with Crippen molar-refractivity contribution in [1.29, 1.82) is 0 Å². The summed E-state index contributed by atoms with van der Waals surface area (Å²) in [5, 5.41) is 2.77. The topological polar surface area (TPSA) is 114 Å². The Hall–Kier alpha value is -1.53. The van der Waals surface area contributed by atoms with Gasteiger partial charge in [-0.15, -0.1) is 12.4 Å². The van der Waals surface area contributed by atoms with E-state index >= 15 is 0 Å². The van der Waals surface area contributed by atoms with Crippen LogP contribution in [-0.4, -0.2) is 22.8 Å². The Bertz CT molecular complexity index is 460.